The number of ether oxygens (including phenoxy) is 1. The molecule has 0 aliphatic carbocycles. The lowest BCUT2D eigenvalue weighted by Gasteiger charge is -2.24. The first-order chi connectivity index (χ1) is 10.1. The average Bonchev–Trinajstić information content (AvgIpc) is 3.12. The smallest absolute Gasteiger partial charge is 0.335 e. The van der Waals surface area contributed by atoms with Crippen molar-refractivity contribution in [2.24, 2.45) is 5.92 Å². The third-order valence-corrected chi connectivity index (χ3v) is 4.26. The van der Waals surface area contributed by atoms with Crippen molar-refractivity contribution in [3.05, 3.63) is 29.3 Å². The fourth-order valence-electron chi connectivity index (χ4n) is 3.02. The number of carboxylic acids is 1. The van der Waals surface area contributed by atoms with Crippen molar-refractivity contribution in [1.29, 1.82) is 0 Å². The van der Waals surface area contributed by atoms with Crippen molar-refractivity contribution in [3.63, 3.8) is 0 Å². The second-order valence-electron chi connectivity index (χ2n) is 5.43. The fraction of sp³-hybridized carbons (Fsp3) is 0.467. The molecule has 2 atom stereocenters. The van der Waals surface area contributed by atoms with Crippen LogP contribution in [0.3, 0.4) is 0 Å². The molecule has 6 heteroatoms. The molecule has 3 rings (SSSR count). The second kappa shape index (κ2) is 5.46. The van der Waals surface area contributed by atoms with Gasteiger partial charge in [-0.2, -0.15) is 0 Å². The van der Waals surface area contributed by atoms with E-state index in [4.69, 9.17) is 9.84 Å². The summed E-state index contributed by atoms with van der Waals surface area (Å²) in [4.78, 5) is 25.5. The number of likely N-dealkylation sites (N-methyl/N-ethyl adjacent to an activating group) is 1. The molecule has 1 amide bonds. The average molecular weight is 290 g/mol. The fourth-order valence-corrected chi connectivity index (χ4v) is 3.02. The molecule has 1 aromatic carbocycles. The number of nitrogens with zero attached hydrogens (tertiary/aromatic N) is 1. The van der Waals surface area contributed by atoms with Gasteiger partial charge in [-0.25, -0.2) is 4.79 Å². The van der Waals surface area contributed by atoms with Gasteiger partial charge in [-0.3, -0.25) is 4.79 Å². The summed E-state index contributed by atoms with van der Waals surface area (Å²) in [5, 5.41) is 12.2. The molecule has 1 saturated heterocycles. The number of rotatable bonds is 3. The van der Waals surface area contributed by atoms with Crippen molar-refractivity contribution < 1.29 is 19.4 Å². The Bertz CT molecular complexity index is 587. The number of hydrogen-bond donors (Lipinski definition) is 2. The first-order valence-electron chi connectivity index (χ1n) is 7.04. The van der Waals surface area contributed by atoms with E-state index in [9.17, 15) is 9.59 Å². The van der Waals surface area contributed by atoms with Gasteiger partial charge in [0.15, 0.2) is 0 Å². The monoisotopic (exact) mass is 290 g/mol. The number of fused-ring (bicyclic) bond motifs is 1. The summed E-state index contributed by atoms with van der Waals surface area (Å²) in [6.07, 6.45) is 0.763. The highest BCUT2D eigenvalue weighted by molar-refractivity contribution is 5.99. The number of carbonyl (C=O) groups is 2. The topological polar surface area (TPSA) is 78.9 Å². The maximum absolute atomic E-state index is 12.7. The van der Waals surface area contributed by atoms with Crippen molar-refractivity contribution in [1.82, 2.24) is 5.32 Å². The van der Waals surface area contributed by atoms with Crippen LogP contribution in [0, 0.1) is 5.92 Å². The molecule has 2 heterocycles. The van der Waals surface area contributed by atoms with Gasteiger partial charge in [0, 0.05) is 18.3 Å². The summed E-state index contributed by atoms with van der Waals surface area (Å²) < 4.78 is 5.39. The Labute approximate surface area is 122 Å². The van der Waals surface area contributed by atoms with Crippen molar-refractivity contribution in [2.75, 3.05) is 31.7 Å². The number of nitrogens with one attached hydrogen (secondary N) is 1. The molecule has 2 N–H and O–H groups in total. The minimum atomic E-state index is -0.977. The van der Waals surface area contributed by atoms with Crippen LogP contribution in [0.2, 0.25) is 0 Å². The van der Waals surface area contributed by atoms with E-state index in [-0.39, 0.29) is 23.4 Å². The number of benzene rings is 1. The molecule has 0 bridgehead atoms. The van der Waals surface area contributed by atoms with Crippen LogP contribution in [0.4, 0.5) is 5.69 Å². The summed E-state index contributed by atoms with van der Waals surface area (Å²) in [6.45, 7) is 1.54. The zero-order valence-corrected chi connectivity index (χ0v) is 11.8. The molecule has 21 heavy (non-hydrogen) atoms. The highest BCUT2D eigenvalue weighted by Crippen LogP contribution is 2.31. The molecule has 0 spiro atoms. The molecular formula is C15H18N2O4. The predicted molar refractivity (Wildman–Crippen MR) is 76.6 cm³/mol. The van der Waals surface area contributed by atoms with Crippen LogP contribution in [0.5, 0.6) is 0 Å². The molecule has 2 aliphatic rings. The quantitative estimate of drug-likeness (QED) is 0.848. The van der Waals surface area contributed by atoms with Crippen molar-refractivity contribution in [2.45, 2.75) is 12.5 Å². The van der Waals surface area contributed by atoms with Crippen LogP contribution in [0.25, 0.3) is 0 Å². The minimum absolute atomic E-state index is 0.00754. The summed E-state index contributed by atoms with van der Waals surface area (Å²) in [5.74, 6) is -1.18. The molecule has 1 fully saturated rings. The molecule has 112 valence electrons. The normalized spacial score (nSPS) is 24.1. The van der Waals surface area contributed by atoms with Gasteiger partial charge in [0.25, 0.3) is 0 Å². The summed E-state index contributed by atoms with van der Waals surface area (Å²) >= 11 is 0. The Hall–Kier alpha value is -1.92. The Morgan fingerprint density at radius 3 is 2.90 bits per heavy atom. The largest absolute Gasteiger partial charge is 0.478 e. The van der Waals surface area contributed by atoms with Crippen LogP contribution < -0.4 is 10.2 Å². The Morgan fingerprint density at radius 2 is 2.19 bits per heavy atom. The van der Waals surface area contributed by atoms with Gasteiger partial charge in [0.2, 0.25) is 5.91 Å². The molecule has 0 saturated carbocycles. The molecular weight excluding hydrogens is 272 g/mol. The Morgan fingerprint density at radius 1 is 1.38 bits per heavy atom. The highest BCUT2D eigenvalue weighted by atomic mass is 16.5. The van der Waals surface area contributed by atoms with Crippen LogP contribution in [0.15, 0.2) is 18.2 Å². The Balaban J connectivity index is 1.88. The van der Waals surface area contributed by atoms with E-state index >= 15 is 0 Å². The molecule has 1 aromatic rings. The lowest BCUT2D eigenvalue weighted by molar-refractivity contribution is -0.122. The van der Waals surface area contributed by atoms with E-state index in [1.54, 1.807) is 23.1 Å². The van der Waals surface area contributed by atoms with Gasteiger partial charge in [0.1, 0.15) is 0 Å². The number of carbonyl (C=O) groups excluding carboxylic acids is 1. The second-order valence-corrected chi connectivity index (χ2v) is 5.43. The number of hydrogen-bond acceptors (Lipinski definition) is 4. The third kappa shape index (κ3) is 2.41. The molecule has 6 nitrogen and oxygen atoms in total. The SMILES string of the molecule is CNC1COCC1C(=O)N1CCc2ccc(C(=O)O)cc21. The molecule has 2 unspecified atom stereocenters. The number of anilines is 1. The van der Waals surface area contributed by atoms with Crippen LogP contribution in [-0.2, 0) is 16.0 Å². The first kappa shape index (κ1) is 14.0. The van der Waals surface area contributed by atoms with E-state index in [0.717, 1.165) is 17.7 Å². The standard InChI is InChI=1S/C15H18N2O4/c1-16-12-8-21-7-11(12)14(18)17-5-4-9-2-3-10(15(19)20)6-13(9)17/h2-3,6,11-12,16H,4-5,7-8H2,1H3,(H,19,20). The maximum atomic E-state index is 12.7. The van der Waals surface area contributed by atoms with Gasteiger partial charge < -0.3 is 20.1 Å². The van der Waals surface area contributed by atoms with E-state index in [1.807, 2.05) is 7.05 Å². The summed E-state index contributed by atoms with van der Waals surface area (Å²) in [6, 6.07) is 4.99. The molecule has 0 radical (unpaired) electrons. The van der Waals surface area contributed by atoms with E-state index in [2.05, 4.69) is 5.32 Å². The highest BCUT2D eigenvalue weighted by Gasteiger charge is 2.38. The van der Waals surface area contributed by atoms with E-state index in [1.165, 1.54) is 0 Å². The predicted octanol–water partition coefficient (Wildman–Crippen LogP) is 0.508. The summed E-state index contributed by atoms with van der Waals surface area (Å²) in [5.41, 5.74) is 1.95. The molecule has 0 aromatic heterocycles. The minimum Gasteiger partial charge on any atom is -0.478 e. The third-order valence-electron chi connectivity index (χ3n) is 4.26. The van der Waals surface area contributed by atoms with Gasteiger partial charge in [0.05, 0.1) is 24.7 Å². The summed E-state index contributed by atoms with van der Waals surface area (Å²) in [7, 11) is 1.82. The van der Waals surface area contributed by atoms with Gasteiger partial charge in [-0.1, -0.05) is 6.07 Å². The zero-order chi connectivity index (χ0) is 15.0. The molecule has 2 aliphatic heterocycles. The van der Waals surface area contributed by atoms with Gasteiger partial charge in [-0.15, -0.1) is 0 Å². The lowest BCUT2D eigenvalue weighted by Crippen LogP contribution is -2.44. The van der Waals surface area contributed by atoms with Gasteiger partial charge >= 0.3 is 5.97 Å². The number of aromatic carboxylic acids is 1. The van der Waals surface area contributed by atoms with Crippen LogP contribution >= 0.6 is 0 Å². The number of carboxylic acid groups (broad SMARTS) is 1. The van der Waals surface area contributed by atoms with Crippen LogP contribution in [-0.4, -0.2) is 49.8 Å². The van der Waals surface area contributed by atoms with Crippen LogP contribution in [0.1, 0.15) is 15.9 Å². The zero-order valence-electron chi connectivity index (χ0n) is 11.8. The van der Waals surface area contributed by atoms with Gasteiger partial charge in [-0.05, 0) is 31.2 Å². The van der Waals surface area contributed by atoms with E-state index in [0.29, 0.717) is 19.8 Å². The van der Waals surface area contributed by atoms with E-state index < -0.39 is 5.97 Å². The number of amides is 1. The van der Waals surface area contributed by atoms with Crippen molar-refractivity contribution >= 4 is 17.6 Å². The Kier molecular flexibility index (Phi) is 3.65. The lowest BCUT2D eigenvalue weighted by atomic mass is 10.0. The maximum Gasteiger partial charge on any atom is 0.335 e. The van der Waals surface area contributed by atoms with Crippen molar-refractivity contribution in [3.8, 4) is 0 Å². The first-order valence-corrected chi connectivity index (χ1v) is 7.04.